The zero-order chi connectivity index (χ0) is 14.4. The van der Waals surface area contributed by atoms with E-state index < -0.39 is 0 Å². The minimum absolute atomic E-state index is 0.619. The number of hydrogen-bond donors (Lipinski definition) is 1. The van der Waals surface area contributed by atoms with Crippen LogP contribution in [0, 0.1) is 0 Å². The average Bonchev–Trinajstić information content (AvgIpc) is 2.48. The highest BCUT2D eigenvalue weighted by Gasteiger charge is 2.06. The first-order valence-electron chi connectivity index (χ1n) is 6.84. The standard InChI is InChI=1S/C16H20ClN3/c1-2-20(10-7-13-5-8-19-9-6-13)12-14-3-4-15(17)16(18)11-14/h3-6,8-9,11H,2,7,10,12,18H2,1H3. The fourth-order valence-corrected chi connectivity index (χ4v) is 2.25. The van der Waals surface area contributed by atoms with Gasteiger partial charge in [0.1, 0.15) is 0 Å². The highest BCUT2D eigenvalue weighted by molar-refractivity contribution is 6.33. The molecule has 0 unspecified atom stereocenters. The van der Waals surface area contributed by atoms with Crippen LogP contribution in [0.2, 0.25) is 5.02 Å². The number of pyridine rings is 1. The molecule has 1 aromatic heterocycles. The quantitative estimate of drug-likeness (QED) is 0.829. The number of anilines is 1. The van der Waals surface area contributed by atoms with Crippen LogP contribution in [-0.2, 0) is 13.0 Å². The molecule has 1 aromatic carbocycles. The Balaban J connectivity index is 1.93. The second-order valence-electron chi connectivity index (χ2n) is 4.83. The maximum atomic E-state index is 5.95. The van der Waals surface area contributed by atoms with E-state index in [4.69, 9.17) is 17.3 Å². The van der Waals surface area contributed by atoms with Crippen LogP contribution in [0.4, 0.5) is 5.69 Å². The summed E-state index contributed by atoms with van der Waals surface area (Å²) in [5.74, 6) is 0. The van der Waals surface area contributed by atoms with Gasteiger partial charge in [-0.3, -0.25) is 9.88 Å². The van der Waals surface area contributed by atoms with Gasteiger partial charge in [-0.05, 0) is 48.4 Å². The van der Waals surface area contributed by atoms with Crippen LogP contribution in [0.1, 0.15) is 18.1 Å². The Morgan fingerprint density at radius 3 is 2.55 bits per heavy atom. The van der Waals surface area contributed by atoms with Gasteiger partial charge >= 0.3 is 0 Å². The summed E-state index contributed by atoms with van der Waals surface area (Å²) in [7, 11) is 0. The number of rotatable bonds is 6. The van der Waals surface area contributed by atoms with Crippen molar-refractivity contribution in [1.82, 2.24) is 9.88 Å². The van der Waals surface area contributed by atoms with Gasteiger partial charge in [0.2, 0.25) is 0 Å². The molecule has 0 spiro atoms. The summed E-state index contributed by atoms with van der Waals surface area (Å²) in [6.45, 7) is 5.09. The van der Waals surface area contributed by atoms with Crippen molar-refractivity contribution in [2.24, 2.45) is 0 Å². The molecule has 106 valence electrons. The second-order valence-corrected chi connectivity index (χ2v) is 5.24. The summed E-state index contributed by atoms with van der Waals surface area (Å²) in [6.07, 6.45) is 4.70. The molecule has 0 saturated heterocycles. The lowest BCUT2D eigenvalue weighted by Crippen LogP contribution is -2.25. The van der Waals surface area contributed by atoms with E-state index in [1.165, 1.54) is 11.1 Å². The van der Waals surface area contributed by atoms with E-state index in [1.807, 2.05) is 30.6 Å². The molecule has 0 saturated carbocycles. The Morgan fingerprint density at radius 2 is 1.90 bits per heavy atom. The van der Waals surface area contributed by atoms with Crippen LogP contribution in [0.3, 0.4) is 0 Å². The molecule has 0 atom stereocenters. The van der Waals surface area contributed by atoms with Gasteiger partial charge in [0, 0.05) is 25.5 Å². The van der Waals surface area contributed by atoms with E-state index in [0.29, 0.717) is 10.7 Å². The molecule has 4 heteroatoms. The molecule has 0 bridgehead atoms. The van der Waals surface area contributed by atoms with Gasteiger partial charge < -0.3 is 5.73 Å². The lowest BCUT2D eigenvalue weighted by atomic mass is 10.1. The topological polar surface area (TPSA) is 42.2 Å². The first-order chi connectivity index (χ1) is 9.69. The largest absolute Gasteiger partial charge is 0.398 e. The van der Waals surface area contributed by atoms with Gasteiger partial charge in [0.05, 0.1) is 10.7 Å². The maximum Gasteiger partial charge on any atom is 0.0635 e. The lowest BCUT2D eigenvalue weighted by molar-refractivity contribution is 0.283. The van der Waals surface area contributed by atoms with Crippen molar-refractivity contribution in [1.29, 1.82) is 0 Å². The Morgan fingerprint density at radius 1 is 1.15 bits per heavy atom. The summed E-state index contributed by atoms with van der Waals surface area (Å²) in [5, 5.41) is 0.619. The molecule has 2 aromatic rings. The smallest absolute Gasteiger partial charge is 0.0635 e. The van der Waals surface area contributed by atoms with Crippen molar-refractivity contribution < 1.29 is 0 Å². The number of nitrogen functional groups attached to an aromatic ring is 1. The van der Waals surface area contributed by atoms with Crippen LogP contribution >= 0.6 is 11.6 Å². The van der Waals surface area contributed by atoms with Crippen LogP contribution in [0.5, 0.6) is 0 Å². The van der Waals surface area contributed by atoms with Crippen molar-refractivity contribution in [3.8, 4) is 0 Å². The summed E-state index contributed by atoms with van der Waals surface area (Å²) in [5.41, 5.74) is 9.00. The van der Waals surface area contributed by atoms with Crippen LogP contribution < -0.4 is 5.73 Å². The van der Waals surface area contributed by atoms with Gasteiger partial charge in [0.25, 0.3) is 0 Å². The molecule has 0 aliphatic rings. The summed E-state index contributed by atoms with van der Waals surface area (Å²) >= 11 is 5.95. The molecule has 1 heterocycles. The van der Waals surface area contributed by atoms with Crippen molar-refractivity contribution in [2.75, 3.05) is 18.8 Å². The third kappa shape index (κ3) is 4.22. The van der Waals surface area contributed by atoms with E-state index >= 15 is 0 Å². The van der Waals surface area contributed by atoms with Crippen molar-refractivity contribution in [3.05, 3.63) is 58.9 Å². The molecule has 0 aliphatic heterocycles. The molecule has 20 heavy (non-hydrogen) atoms. The SMILES string of the molecule is CCN(CCc1ccncc1)Cc1ccc(Cl)c(N)c1. The molecular weight excluding hydrogens is 270 g/mol. The summed E-state index contributed by atoms with van der Waals surface area (Å²) in [4.78, 5) is 6.43. The minimum atomic E-state index is 0.619. The molecule has 0 radical (unpaired) electrons. The number of benzene rings is 1. The number of aromatic nitrogens is 1. The van der Waals surface area contributed by atoms with E-state index in [1.54, 1.807) is 0 Å². The average molecular weight is 290 g/mol. The highest BCUT2D eigenvalue weighted by atomic mass is 35.5. The predicted molar refractivity (Wildman–Crippen MR) is 84.8 cm³/mol. The van der Waals surface area contributed by atoms with E-state index in [0.717, 1.165) is 26.1 Å². The third-order valence-corrected chi connectivity index (χ3v) is 3.72. The Kier molecular flexibility index (Phi) is 5.39. The Bertz CT molecular complexity index is 543. The van der Waals surface area contributed by atoms with Gasteiger partial charge in [-0.1, -0.05) is 24.6 Å². The molecule has 2 rings (SSSR count). The van der Waals surface area contributed by atoms with Crippen LogP contribution in [-0.4, -0.2) is 23.0 Å². The van der Waals surface area contributed by atoms with Crippen molar-refractivity contribution in [3.63, 3.8) is 0 Å². The number of halogens is 1. The van der Waals surface area contributed by atoms with Gasteiger partial charge in [0.15, 0.2) is 0 Å². The van der Waals surface area contributed by atoms with E-state index in [9.17, 15) is 0 Å². The fraction of sp³-hybridized carbons (Fsp3) is 0.312. The molecule has 2 N–H and O–H groups in total. The first-order valence-corrected chi connectivity index (χ1v) is 7.22. The van der Waals surface area contributed by atoms with Crippen molar-refractivity contribution in [2.45, 2.75) is 19.9 Å². The maximum absolute atomic E-state index is 5.95. The highest BCUT2D eigenvalue weighted by Crippen LogP contribution is 2.20. The van der Waals surface area contributed by atoms with Crippen LogP contribution in [0.15, 0.2) is 42.7 Å². The third-order valence-electron chi connectivity index (χ3n) is 3.38. The molecular formula is C16H20ClN3. The number of hydrogen-bond acceptors (Lipinski definition) is 3. The summed E-state index contributed by atoms with van der Waals surface area (Å²) < 4.78 is 0. The first kappa shape index (κ1) is 14.8. The zero-order valence-electron chi connectivity index (χ0n) is 11.7. The Labute approximate surface area is 125 Å². The van der Waals surface area contributed by atoms with Crippen LogP contribution in [0.25, 0.3) is 0 Å². The number of likely N-dealkylation sites (N-methyl/N-ethyl adjacent to an activating group) is 1. The van der Waals surface area contributed by atoms with Crippen molar-refractivity contribution >= 4 is 17.3 Å². The molecule has 0 fully saturated rings. The van der Waals surface area contributed by atoms with E-state index in [-0.39, 0.29) is 0 Å². The van der Waals surface area contributed by atoms with Gasteiger partial charge in [-0.15, -0.1) is 0 Å². The summed E-state index contributed by atoms with van der Waals surface area (Å²) in [6, 6.07) is 9.98. The normalized spacial score (nSPS) is 10.9. The molecule has 0 amide bonds. The minimum Gasteiger partial charge on any atom is -0.398 e. The van der Waals surface area contributed by atoms with Gasteiger partial charge in [-0.25, -0.2) is 0 Å². The van der Waals surface area contributed by atoms with E-state index in [2.05, 4.69) is 28.9 Å². The number of nitrogens with two attached hydrogens (primary N) is 1. The lowest BCUT2D eigenvalue weighted by Gasteiger charge is -2.20. The predicted octanol–water partition coefficient (Wildman–Crippen LogP) is 3.38. The molecule has 0 aliphatic carbocycles. The number of nitrogens with zero attached hydrogens (tertiary/aromatic N) is 2. The molecule has 3 nitrogen and oxygen atoms in total. The fourth-order valence-electron chi connectivity index (χ4n) is 2.14. The van der Waals surface area contributed by atoms with Gasteiger partial charge in [-0.2, -0.15) is 0 Å². The second kappa shape index (κ2) is 7.27. The Hall–Kier alpha value is -1.58. The zero-order valence-corrected chi connectivity index (χ0v) is 12.5. The monoisotopic (exact) mass is 289 g/mol.